The lowest BCUT2D eigenvalue weighted by atomic mass is 10.1. The lowest BCUT2D eigenvalue weighted by molar-refractivity contribution is -0.131. The van der Waals surface area contributed by atoms with E-state index in [0.717, 1.165) is 16.5 Å². The number of furan rings is 1. The fourth-order valence-corrected chi connectivity index (χ4v) is 2.94. The highest BCUT2D eigenvalue weighted by atomic mass is 16.5. The Bertz CT molecular complexity index is 934. The standard InChI is InChI=1S/C21H22N2O4/c1-26-17-7-8-18-16(14-27-19(18)12-17)11-21(25)23(10-9-20(22)24)13-15-5-3-2-4-6-15/h2-8,12,14H,9-11,13H2,1H3,(H2,22,24). The number of nitrogens with two attached hydrogens (primary N) is 1. The summed E-state index contributed by atoms with van der Waals surface area (Å²) < 4.78 is 10.8. The fourth-order valence-electron chi connectivity index (χ4n) is 2.94. The maximum atomic E-state index is 12.9. The first-order chi connectivity index (χ1) is 13.1. The van der Waals surface area contributed by atoms with Crippen LogP contribution in [0.1, 0.15) is 17.5 Å². The molecule has 0 saturated carbocycles. The minimum absolute atomic E-state index is 0.0846. The van der Waals surface area contributed by atoms with E-state index < -0.39 is 5.91 Å². The van der Waals surface area contributed by atoms with Crippen LogP contribution in [-0.2, 0) is 22.6 Å². The number of carbonyl (C=O) groups excluding carboxylic acids is 2. The average molecular weight is 366 g/mol. The summed E-state index contributed by atoms with van der Waals surface area (Å²) in [5.74, 6) is 0.183. The van der Waals surface area contributed by atoms with Crippen molar-refractivity contribution < 1.29 is 18.7 Å². The Morgan fingerprint density at radius 1 is 1.15 bits per heavy atom. The zero-order chi connectivity index (χ0) is 19.2. The Morgan fingerprint density at radius 3 is 2.63 bits per heavy atom. The molecule has 1 heterocycles. The number of amides is 2. The van der Waals surface area contributed by atoms with Crippen molar-refractivity contribution in [2.45, 2.75) is 19.4 Å². The number of benzene rings is 2. The molecule has 2 N–H and O–H groups in total. The molecule has 0 aliphatic rings. The zero-order valence-electron chi connectivity index (χ0n) is 15.2. The van der Waals surface area contributed by atoms with Crippen LogP contribution in [-0.4, -0.2) is 30.4 Å². The third-order valence-electron chi connectivity index (χ3n) is 4.40. The molecular weight excluding hydrogens is 344 g/mol. The monoisotopic (exact) mass is 366 g/mol. The lowest BCUT2D eigenvalue weighted by Gasteiger charge is -2.22. The van der Waals surface area contributed by atoms with Crippen molar-refractivity contribution in [2.24, 2.45) is 5.73 Å². The molecule has 3 rings (SSSR count). The molecule has 27 heavy (non-hydrogen) atoms. The number of fused-ring (bicyclic) bond motifs is 1. The highest BCUT2D eigenvalue weighted by molar-refractivity contribution is 5.88. The molecular formula is C21H22N2O4. The molecule has 6 heteroatoms. The topological polar surface area (TPSA) is 85.8 Å². The van der Waals surface area contributed by atoms with E-state index >= 15 is 0 Å². The smallest absolute Gasteiger partial charge is 0.227 e. The van der Waals surface area contributed by atoms with Crippen LogP contribution in [0.25, 0.3) is 11.0 Å². The van der Waals surface area contributed by atoms with Crippen molar-refractivity contribution in [2.75, 3.05) is 13.7 Å². The summed E-state index contributed by atoms with van der Waals surface area (Å²) in [4.78, 5) is 25.7. The average Bonchev–Trinajstić information content (AvgIpc) is 3.07. The summed E-state index contributed by atoms with van der Waals surface area (Å²) in [6.07, 6.45) is 1.91. The van der Waals surface area contributed by atoms with Crippen molar-refractivity contribution in [3.05, 3.63) is 65.9 Å². The number of primary amides is 1. The first kappa shape index (κ1) is 18.5. The molecule has 2 aromatic carbocycles. The molecule has 0 fully saturated rings. The third kappa shape index (κ3) is 4.67. The highest BCUT2D eigenvalue weighted by Gasteiger charge is 2.18. The number of carbonyl (C=O) groups is 2. The zero-order valence-corrected chi connectivity index (χ0v) is 15.2. The minimum atomic E-state index is -0.429. The third-order valence-corrected chi connectivity index (χ3v) is 4.40. The van der Waals surface area contributed by atoms with Crippen LogP contribution < -0.4 is 10.5 Å². The van der Waals surface area contributed by atoms with Crippen molar-refractivity contribution in [3.8, 4) is 5.75 Å². The summed E-state index contributed by atoms with van der Waals surface area (Å²) in [7, 11) is 1.59. The molecule has 6 nitrogen and oxygen atoms in total. The van der Waals surface area contributed by atoms with E-state index in [4.69, 9.17) is 14.9 Å². The van der Waals surface area contributed by atoms with Crippen LogP contribution in [0.2, 0.25) is 0 Å². The molecule has 0 spiro atoms. The van der Waals surface area contributed by atoms with Gasteiger partial charge in [-0.1, -0.05) is 30.3 Å². The molecule has 1 aromatic heterocycles. The minimum Gasteiger partial charge on any atom is -0.497 e. The Balaban J connectivity index is 1.78. The molecule has 2 amide bonds. The summed E-state index contributed by atoms with van der Waals surface area (Å²) in [6, 6.07) is 15.2. The summed E-state index contributed by atoms with van der Waals surface area (Å²) in [5, 5.41) is 0.874. The SMILES string of the molecule is COc1ccc2c(CC(=O)N(CCC(N)=O)Cc3ccccc3)coc2c1. The Kier molecular flexibility index (Phi) is 5.76. The predicted octanol–water partition coefficient (Wildman–Crippen LogP) is 2.89. The Hall–Kier alpha value is -3.28. The van der Waals surface area contributed by atoms with Gasteiger partial charge in [0.1, 0.15) is 11.3 Å². The van der Waals surface area contributed by atoms with Gasteiger partial charge in [-0.3, -0.25) is 9.59 Å². The van der Waals surface area contributed by atoms with Gasteiger partial charge in [-0.25, -0.2) is 0 Å². The molecule has 3 aromatic rings. The van der Waals surface area contributed by atoms with Crippen LogP contribution in [0, 0.1) is 0 Å². The van der Waals surface area contributed by atoms with Gasteiger partial charge >= 0.3 is 0 Å². The van der Waals surface area contributed by atoms with E-state index in [2.05, 4.69) is 0 Å². The van der Waals surface area contributed by atoms with E-state index in [9.17, 15) is 9.59 Å². The van der Waals surface area contributed by atoms with Gasteiger partial charge in [0.2, 0.25) is 11.8 Å². The van der Waals surface area contributed by atoms with Crippen LogP contribution in [0.15, 0.2) is 59.2 Å². The van der Waals surface area contributed by atoms with Gasteiger partial charge in [-0.15, -0.1) is 0 Å². The van der Waals surface area contributed by atoms with Crippen molar-refractivity contribution in [1.29, 1.82) is 0 Å². The first-order valence-electron chi connectivity index (χ1n) is 8.71. The number of nitrogens with zero attached hydrogens (tertiary/aromatic N) is 1. The molecule has 0 aliphatic carbocycles. The van der Waals surface area contributed by atoms with Gasteiger partial charge in [0.05, 0.1) is 19.8 Å². The van der Waals surface area contributed by atoms with E-state index in [-0.39, 0.29) is 25.3 Å². The molecule has 0 atom stereocenters. The summed E-state index contributed by atoms with van der Waals surface area (Å²) >= 11 is 0. The second kappa shape index (κ2) is 8.40. The van der Waals surface area contributed by atoms with E-state index in [1.165, 1.54) is 0 Å². The molecule has 0 unspecified atom stereocenters. The van der Waals surface area contributed by atoms with Crippen molar-refractivity contribution >= 4 is 22.8 Å². The van der Waals surface area contributed by atoms with Crippen LogP contribution in [0.4, 0.5) is 0 Å². The fraction of sp³-hybridized carbons (Fsp3) is 0.238. The molecule has 0 radical (unpaired) electrons. The molecule has 0 bridgehead atoms. The van der Waals surface area contributed by atoms with Gasteiger partial charge < -0.3 is 19.8 Å². The quantitative estimate of drug-likeness (QED) is 0.664. The van der Waals surface area contributed by atoms with Crippen molar-refractivity contribution in [3.63, 3.8) is 0 Å². The number of hydrogen-bond donors (Lipinski definition) is 1. The van der Waals surface area contributed by atoms with E-state index in [0.29, 0.717) is 17.9 Å². The lowest BCUT2D eigenvalue weighted by Crippen LogP contribution is -2.34. The second-order valence-corrected chi connectivity index (χ2v) is 6.32. The normalized spacial score (nSPS) is 10.7. The largest absolute Gasteiger partial charge is 0.497 e. The first-order valence-corrected chi connectivity index (χ1v) is 8.71. The van der Waals surface area contributed by atoms with Gasteiger partial charge in [-0.05, 0) is 17.7 Å². The Morgan fingerprint density at radius 2 is 1.93 bits per heavy atom. The van der Waals surface area contributed by atoms with Crippen molar-refractivity contribution in [1.82, 2.24) is 4.90 Å². The maximum Gasteiger partial charge on any atom is 0.227 e. The maximum absolute atomic E-state index is 12.9. The van der Waals surface area contributed by atoms with E-state index in [1.54, 1.807) is 24.3 Å². The predicted molar refractivity (Wildman–Crippen MR) is 102 cm³/mol. The van der Waals surface area contributed by atoms with Crippen LogP contribution in [0.5, 0.6) is 5.75 Å². The number of ether oxygens (including phenoxy) is 1. The molecule has 140 valence electrons. The molecule has 0 aliphatic heterocycles. The Labute approximate surface area is 157 Å². The van der Waals surface area contributed by atoms with Crippen LogP contribution in [0.3, 0.4) is 0 Å². The number of methoxy groups -OCH3 is 1. The van der Waals surface area contributed by atoms with E-state index in [1.807, 2.05) is 42.5 Å². The molecule has 0 saturated heterocycles. The summed E-state index contributed by atoms with van der Waals surface area (Å²) in [6.45, 7) is 0.712. The summed E-state index contributed by atoms with van der Waals surface area (Å²) in [5.41, 5.74) is 7.74. The number of hydrogen-bond acceptors (Lipinski definition) is 4. The second-order valence-electron chi connectivity index (χ2n) is 6.32. The van der Waals surface area contributed by atoms with Gasteiger partial charge in [0.15, 0.2) is 0 Å². The number of rotatable bonds is 8. The van der Waals surface area contributed by atoms with Gasteiger partial charge in [0.25, 0.3) is 0 Å². The van der Waals surface area contributed by atoms with Crippen LogP contribution >= 0.6 is 0 Å². The van der Waals surface area contributed by atoms with Gasteiger partial charge in [-0.2, -0.15) is 0 Å². The van der Waals surface area contributed by atoms with Gasteiger partial charge in [0, 0.05) is 36.5 Å². The highest BCUT2D eigenvalue weighted by Crippen LogP contribution is 2.26.